The van der Waals surface area contributed by atoms with Crippen molar-refractivity contribution >= 4 is 0 Å². The Bertz CT molecular complexity index is 576. The topological polar surface area (TPSA) is 79.4 Å². The van der Waals surface area contributed by atoms with Gasteiger partial charge < -0.3 is 5.32 Å². The van der Waals surface area contributed by atoms with Gasteiger partial charge in [0, 0.05) is 6.04 Å². The Morgan fingerprint density at radius 2 is 1.95 bits per heavy atom. The van der Waals surface area contributed by atoms with Crippen LogP contribution in [0, 0.1) is 11.3 Å². The van der Waals surface area contributed by atoms with Gasteiger partial charge >= 0.3 is 0 Å². The van der Waals surface area contributed by atoms with E-state index in [-0.39, 0.29) is 0 Å². The van der Waals surface area contributed by atoms with Gasteiger partial charge in [0.15, 0.2) is 5.82 Å². The highest BCUT2D eigenvalue weighted by Crippen LogP contribution is 2.10. The largest absolute Gasteiger partial charge is 0.307 e. The number of tetrazole rings is 1. The number of nitrogens with zero attached hydrogens (tertiary/aromatic N) is 5. The lowest BCUT2D eigenvalue weighted by Gasteiger charge is -2.14. The normalized spacial score (nSPS) is 10.7. The molecular weight excluding hydrogens is 252 g/mol. The molecule has 1 aromatic heterocycles. The summed E-state index contributed by atoms with van der Waals surface area (Å²) in [5.41, 5.74) is 1.48. The van der Waals surface area contributed by atoms with Crippen LogP contribution in [-0.4, -0.2) is 26.2 Å². The first-order valence-electron chi connectivity index (χ1n) is 6.79. The number of aromatic nitrogens is 4. The molecule has 0 atom stereocenters. The minimum absolute atomic E-state index is 0.473. The summed E-state index contributed by atoms with van der Waals surface area (Å²) in [4.78, 5) is 0. The molecule has 0 aliphatic heterocycles. The molecule has 6 nitrogen and oxygen atoms in total. The molecule has 1 N–H and O–H groups in total. The first kappa shape index (κ1) is 14.2. The van der Waals surface area contributed by atoms with Gasteiger partial charge in [0.05, 0.1) is 23.9 Å². The molecule has 6 heteroatoms. The molecule has 0 saturated heterocycles. The smallest absolute Gasteiger partial charge is 0.170 e. The summed E-state index contributed by atoms with van der Waals surface area (Å²) in [7, 11) is 0. The van der Waals surface area contributed by atoms with Gasteiger partial charge in [-0.2, -0.15) is 9.94 Å². The summed E-state index contributed by atoms with van der Waals surface area (Å²) in [6, 6.07) is 9.77. The Labute approximate surface area is 118 Å². The van der Waals surface area contributed by atoms with Crippen LogP contribution in [-0.2, 0) is 6.54 Å². The highest BCUT2D eigenvalue weighted by molar-refractivity contribution is 5.38. The standard InChI is InChI=1S/C14H18N6/c1-3-12(4-2)16-10-14-17-18-19-20(14)13-7-5-11(9-15)6-8-13/h5-8,12,16H,3-4,10H2,1-2H3. The van der Waals surface area contributed by atoms with E-state index in [2.05, 4.69) is 40.8 Å². The Hall–Kier alpha value is -2.26. The van der Waals surface area contributed by atoms with Crippen molar-refractivity contribution in [3.8, 4) is 11.8 Å². The van der Waals surface area contributed by atoms with Gasteiger partial charge in [0.1, 0.15) is 0 Å². The highest BCUT2D eigenvalue weighted by Gasteiger charge is 2.10. The minimum Gasteiger partial charge on any atom is -0.307 e. The molecule has 104 valence electrons. The lowest BCUT2D eigenvalue weighted by molar-refractivity contribution is 0.472. The molecule has 0 spiro atoms. The molecule has 1 heterocycles. The molecule has 0 amide bonds. The molecule has 0 aliphatic carbocycles. The molecule has 0 bridgehead atoms. The summed E-state index contributed by atoms with van der Waals surface area (Å²) in [6.07, 6.45) is 2.16. The van der Waals surface area contributed by atoms with Crippen molar-refractivity contribution in [2.75, 3.05) is 0 Å². The predicted molar refractivity (Wildman–Crippen MR) is 75.1 cm³/mol. The van der Waals surface area contributed by atoms with E-state index in [1.165, 1.54) is 0 Å². The zero-order chi connectivity index (χ0) is 14.4. The van der Waals surface area contributed by atoms with E-state index < -0.39 is 0 Å². The van der Waals surface area contributed by atoms with Crippen LogP contribution in [0.25, 0.3) is 5.69 Å². The molecule has 0 fully saturated rings. The summed E-state index contributed by atoms with van der Waals surface area (Å²) in [5.74, 6) is 0.765. The average Bonchev–Trinajstić information content (AvgIpc) is 2.97. The van der Waals surface area contributed by atoms with Crippen molar-refractivity contribution in [1.29, 1.82) is 5.26 Å². The molecule has 0 saturated carbocycles. The third kappa shape index (κ3) is 3.19. The van der Waals surface area contributed by atoms with Crippen molar-refractivity contribution < 1.29 is 0 Å². The van der Waals surface area contributed by atoms with Gasteiger partial charge in [0.25, 0.3) is 0 Å². The summed E-state index contributed by atoms with van der Waals surface area (Å²) < 4.78 is 1.69. The third-order valence-corrected chi connectivity index (χ3v) is 3.31. The van der Waals surface area contributed by atoms with Crippen molar-refractivity contribution in [3.63, 3.8) is 0 Å². The lowest BCUT2D eigenvalue weighted by atomic mass is 10.2. The van der Waals surface area contributed by atoms with E-state index in [9.17, 15) is 0 Å². The fourth-order valence-corrected chi connectivity index (χ4v) is 2.01. The quantitative estimate of drug-likeness (QED) is 0.866. The van der Waals surface area contributed by atoms with Gasteiger partial charge in [0.2, 0.25) is 0 Å². The lowest BCUT2D eigenvalue weighted by Crippen LogP contribution is -2.28. The molecule has 20 heavy (non-hydrogen) atoms. The van der Waals surface area contributed by atoms with Gasteiger partial charge in [-0.15, -0.1) is 5.10 Å². The SMILES string of the molecule is CCC(CC)NCc1nnnn1-c1ccc(C#N)cc1. The van der Waals surface area contributed by atoms with E-state index in [0.717, 1.165) is 24.4 Å². The Balaban J connectivity index is 2.13. The number of rotatable bonds is 6. The molecule has 1 aromatic carbocycles. The van der Waals surface area contributed by atoms with Crippen LogP contribution in [0.5, 0.6) is 0 Å². The van der Waals surface area contributed by atoms with Crippen LogP contribution in [0.1, 0.15) is 38.1 Å². The monoisotopic (exact) mass is 270 g/mol. The maximum atomic E-state index is 8.81. The summed E-state index contributed by atoms with van der Waals surface area (Å²) in [6.45, 7) is 4.94. The van der Waals surface area contributed by atoms with Crippen molar-refractivity contribution in [2.45, 2.75) is 39.3 Å². The molecular formula is C14H18N6. The molecule has 0 radical (unpaired) electrons. The van der Waals surface area contributed by atoms with Crippen LogP contribution in [0.15, 0.2) is 24.3 Å². The molecule has 2 rings (SSSR count). The predicted octanol–water partition coefficient (Wildman–Crippen LogP) is 1.81. The Morgan fingerprint density at radius 1 is 1.25 bits per heavy atom. The number of hydrogen-bond donors (Lipinski definition) is 1. The second-order valence-corrected chi connectivity index (χ2v) is 4.56. The fourth-order valence-electron chi connectivity index (χ4n) is 2.01. The zero-order valence-electron chi connectivity index (χ0n) is 11.7. The Kier molecular flexibility index (Phi) is 4.80. The number of hydrogen-bond acceptors (Lipinski definition) is 5. The van der Waals surface area contributed by atoms with Gasteiger partial charge in [-0.05, 0) is 47.5 Å². The summed E-state index contributed by atoms with van der Waals surface area (Å²) in [5, 5.41) is 24.0. The van der Waals surface area contributed by atoms with Crippen molar-refractivity contribution in [1.82, 2.24) is 25.5 Å². The van der Waals surface area contributed by atoms with Crippen LogP contribution < -0.4 is 5.32 Å². The van der Waals surface area contributed by atoms with Crippen LogP contribution in [0.4, 0.5) is 0 Å². The fraction of sp³-hybridized carbons (Fsp3) is 0.429. The van der Waals surface area contributed by atoms with Crippen molar-refractivity contribution in [2.24, 2.45) is 0 Å². The minimum atomic E-state index is 0.473. The average molecular weight is 270 g/mol. The first-order valence-corrected chi connectivity index (χ1v) is 6.79. The molecule has 0 aliphatic rings. The van der Waals surface area contributed by atoms with Crippen LogP contribution in [0.2, 0.25) is 0 Å². The van der Waals surface area contributed by atoms with E-state index >= 15 is 0 Å². The van der Waals surface area contributed by atoms with E-state index in [1.807, 2.05) is 12.1 Å². The number of benzene rings is 1. The van der Waals surface area contributed by atoms with E-state index in [4.69, 9.17) is 5.26 Å². The third-order valence-electron chi connectivity index (χ3n) is 3.31. The van der Waals surface area contributed by atoms with Crippen molar-refractivity contribution in [3.05, 3.63) is 35.7 Å². The maximum absolute atomic E-state index is 8.81. The maximum Gasteiger partial charge on any atom is 0.170 e. The van der Waals surface area contributed by atoms with Gasteiger partial charge in [-0.3, -0.25) is 0 Å². The number of nitrogens with one attached hydrogen (secondary N) is 1. The van der Waals surface area contributed by atoms with Gasteiger partial charge in [-0.1, -0.05) is 13.8 Å². The van der Waals surface area contributed by atoms with E-state index in [0.29, 0.717) is 18.2 Å². The second-order valence-electron chi connectivity index (χ2n) is 4.56. The van der Waals surface area contributed by atoms with E-state index in [1.54, 1.807) is 16.8 Å². The second kappa shape index (κ2) is 6.78. The summed E-state index contributed by atoms with van der Waals surface area (Å²) >= 11 is 0. The molecule has 0 unspecified atom stereocenters. The van der Waals surface area contributed by atoms with Crippen LogP contribution >= 0.6 is 0 Å². The highest BCUT2D eigenvalue weighted by atomic mass is 15.5. The van der Waals surface area contributed by atoms with Gasteiger partial charge in [-0.25, -0.2) is 0 Å². The molecule has 2 aromatic rings. The zero-order valence-corrected chi connectivity index (χ0v) is 11.7. The van der Waals surface area contributed by atoms with Crippen LogP contribution in [0.3, 0.4) is 0 Å². The first-order chi connectivity index (χ1) is 9.78. The number of nitriles is 1. The Morgan fingerprint density at radius 3 is 2.55 bits per heavy atom.